The Morgan fingerprint density at radius 3 is 2.53 bits per heavy atom. The Kier molecular flexibility index (Phi) is 2.71. The molecule has 3 heteroatoms. The van der Waals surface area contributed by atoms with Crippen molar-refractivity contribution in [1.82, 2.24) is 0 Å². The standard InChI is InChI=1S/C12H14FNO/c1-14(8-12(15)9-2-3-9)11-6-4-10(13)5-7-11/h4-7,9H,2-3,8H2,1H3. The lowest BCUT2D eigenvalue weighted by Gasteiger charge is -2.18. The zero-order valence-electron chi connectivity index (χ0n) is 8.74. The third-order valence-electron chi connectivity index (χ3n) is 2.69. The van der Waals surface area contributed by atoms with Crippen LogP contribution in [0.1, 0.15) is 12.8 Å². The number of anilines is 1. The largest absolute Gasteiger partial charge is 0.367 e. The molecular formula is C12H14FNO. The first kappa shape index (κ1) is 10.1. The van der Waals surface area contributed by atoms with E-state index in [1.807, 2.05) is 11.9 Å². The average Bonchev–Trinajstić information content (AvgIpc) is 3.01. The number of rotatable bonds is 4. The van der Waals surface area contributed by atoms with Crippen molar-refractivity contribution in [2.75, 3.05) is 18.5 Å². The highest BCUT2D eigenvalue weighted by molar-refractivity contribution is 5.87. The van der Waals surface area contributed by atoms with E-state index in [1.54, 1.807) is 12.1 Å². The molecule has 0 spiro atoms. The minimum atomic E-state index is -0.249. The molecule has 0 N–H and O–H groups in total. The maximum absolute atomic E-state index is 12.7. The predicted octanol–water partition coefficient (Wildman–Crippen LogP) is 2.24. The summed E-state index contributed by atoms with van der Waals surface area (Å²) in [7, 11) is 1.85. The van der Waals surface area contributed by atoms with E-state index in [2.05, 4.69) is 0 Å². The molecule has 0 aliphatic heterocycles. The summed E-state index contributed by atoms with van der Waals surface area (Å²) in [6.45, 7) is 0.427. The molecule has 2 rings (SSSR count). The van der Waals surface area contributed by atoms with Gasteiger partial charge >= 0.3 is 0 Å². The van der Waals surface area contributed by atoms with E-state index in [1.165, 1.54) is 12.1 Å². The minimum Gasteiger partial charge on any atom is -0.367 e. The van der Waals surface area contributed by atoms with Crippen LogP contribution in [-0.2, 0) is 4.79 Å². The summed E-state index contributed by atoms with van der Waals surface area (Å²) >= 11 is 0. The molecule has 0 bridgehead atoms. The molecule has 1 aromatic carbocycles. The summed E-state index contributed by atoms with van der Waals surface area (Å²) in [5, 5.41) is 0. The highest BCUT2D eigenvalue weighted by Gasteiger charge is 2.29. The van der Waals surface area contributed by atoms with E-state index in [-0.39, 0.29) is 11.7 Å². The highest BCUT2D eigenvalue weighted by Crippen LogP contribution is 2.30. The molecule has 80 valence electrons. The first-order valence-electron chi connectivity index (χ1n) is 5.16. The first-order valence-corrected chi connectivity index (χ1v) is 5.16. The maximum Gasteiger partial charge on any atom is 0.155 e. The monoisotopic (exact) mass is 207 g/mol. The summed E-state index contributed by atoms with van der Waals surface area (Å²) in [4.78, 5) is 13.4. The molecule has 0 heterocycles. The fourth-order valence-electron chi connectivity index (χ4n) is 1.56. The van der Waals surface area contributed by atoms with Crippen molar-refractivity contribution in [3.8, 4) is 0 Å². The molecule has 0 saturated heterocycles. The second-order valence-electron chi connectivity index (χ2n) is 4.07. The molecule has 1 fully saturated rings. The molecule has 1 aliphatic carbocycles. The molecule has 15 heavy (non-hydrogen) atoms. The smallest absolute Gasteiger partial charge is 0.155 e. The van der Waals surface area contributed by atoms with E-state index >= 15 is 0 Å². The number of halogens is 1. The van der Waals surface area contributed by atoms with Crippen molar-refractivity contribution in [1.29, 1.82) is 0 Å². The van der Waals surface area contributed by atoms with Gasteiger partial charge < -0.3 is 4.90 Å². The van der Waals surface area contributed by atoms with Gasteiger partial charge in [-0.25, -0.2) is 4.39 Å². The average molecular weight is 207 g/mol. The van der Waals surface area contributed by atoms with Crippen molar-refractivity contribution < 1.29 is 9.18 Å². The van der Waals surface area contributed by atoms with Crippen molar-refractivity contribution >= 4 is 11.5 Å². The quantitative estimate of drug-likeness (QED) is 0.754. The van der Waals surface area contributed by atoms with Gasteiger partial charge in [0.2, 0.25) is 0 Å². The molecule has 1 saturated carbocycles. The van der Waals surface area contributed by atoms with E-state index in [0.29, 0.717) is 12.3 Å². The fourth-order valence-corrected chi connectivity index (χ4v) is 1.56. The lowest BCUT2D eigenvalue weighted by atomic mass is 10.2. The van der Waals surface area contributed by atoms with Crippen LogP contribution >= 0.6 is 0 Å². The van der Waals surface area contributed by atoms with Gasteiger partial charge in [0.05, 0.1) is 6.54 Å². The number of nitrogens with zero attached hydrogens (tertiary/aromatic N) is 1. The van der Waals surface area contributed by atoms with Gasteiger partial charge in [0.15, 0.2) is 5.78 Å². The zero-order chi connectivity index (χ0) is 10.8. The SMILES string of the molecule is CN(CC(=O)C1CC1)c1ccc(F)cc1. The Bertz CT molecular complexity index is 356. The van der Waals surface area contributed by atoms with Crippen LogP contribution in [0.3, 0.4) is 0 Å². The topological polar surface area (TPSA) is 20.3 Å². The second kappa shape index (κ2) is 4.01. The molecular weight excluding hydrogens is 193 g/mol. The number of hydrogen-bond donors (Lipinski definition) is 0. The van der Waals surface area contributed by atoms with Crippen LogP contribution in [0.5, 0.6) is 0 Å². The number of carbonyl (C=O) groups is 1. The van der Waals surface area contributed by atoms with Crippen LogP contribution in [0.15, 0.2) is 24.3 Å². The van der Waals surface area contributed by atoms with Gasteiger partial charge in [-0.1, -0.05) is 0 Å². The Labute approximate surface area is 88.7 Å². The fraction of sp³-hybridized carbons (Fsp3) is 0.417. The summed E-state index contributed by atoms with van der Waals surface area (Å²) in [5.74, 6) is 0.329. The summed E-state index contributed by atoms with van der Waals surface area (Å²) in [6.07, 6.45) is 2.08. The van der Waals surface area contributed by atoms with Gasteiger partial charge in [-0.2, -0.15) is 0 Å². The van der Waals surface area contributed by atoms with Gasteiger partial charge in [0.1, 0.15) is 5.82 Å². The third-order valence-corrected chi connectivity index (χ3v) is 2.69. The lowest BCUT2D eigenvalue weighted by Crippen LogP contribution is -2.26. The van der Waals surface area contributed by atoms with E-state index in [0.717, 1.165) is 18.5 Å². The molecule has 0 amide bonds. The summed E-state index contributed by atoms with van der Waals surface area (Å²) in [6, 6.07) is 6.20. The van der Waals surface area contributed by atoms with E-state index < -0.39 is 0 Å². The molecule has 0 unspecified atom stereocenters. The molecule has 1 aromatic rings. The number of ketones is 1. The van der Waals surface area contributed by atoms with Gasteiger partial charge in [-0.05, 0) is 37.1 Å². The Hall–Kier alpha value is -1.38. The molecule has 0 aromatic heterocycles. The van der Waals surface area contributed by atoms with Crippen LogP contribution in [0.2, 0.25) is 0 Å². The number of benzene rings is 1. The third kappa shape index (κ3) is 2.55. The highest BCUT2D eigenvalue weighted by atomic mass is 19.1. The second-order valence-corrected chi connectivity index (χ2v) is 4.07. The van der Waals surface area contributed by atoms with Crippen molar-refractivity contribution in [2.24, 2.45) is 5.92 Å². The normalized spacial score (nSPS) is 15.1. The Morgan fingerprint density at radius 1 is 1.40 bits per heavy atom. The van der Waals surface area contributed by atoms with Gasteiger partial charge in [-0.3, -0.25) is 4.79 Å². The summed E-state index contributed by atoms with van der Waals surface area (Å²) < 4.78 is 12.7. The van der Waals surface area contributed by atoms with Gasteiger partial charge in [-0.15, -0.1) is 0 Å². The lowest BCUT2D eigenvalue weighted by molar-refractivity contribution is -0.118. The van der Waals surface area contributed by atoms with Crippen LogP contribution in [0, 0.1) is 11.7 Å². The number of likely N-dealkylation sites (N-methyl/N-ethyl adjacent to an activating group) is 1. The van der Waals surface area contributed by atoms with Gasteiger partial charge in [0.25, 0.3) is 0 Å². The number of hydrogen-bond acceptors (Lipinski definition) is 2. The van der Waals surface area contributed by atoms with Gasteiger partial charge in [0, 0.05) is 18.7 Å². The predicted molar refractivity (Wildman–Crippen MR) is 57.4 cm³/mol. The maximum atomic E-state index is 12.7. The molecule has 1 aliphatic rings. The van der Waals surface area contributed by atoms with Crippen molar-refractivity contribution in [3.63, 3.8) is 0 Å². The van der Waals surface area contributed by atoms with E-state index in [9.17, 15) is 9.18 Å². The number of Topliss-reactive ketones (excluding diaryl/α,β-unsaturated/α-hetero) is 1. The minimum absolute atomic E-state index is 0.249. The first-order chi connectivity index (χ1) is 7.16. The Morgan fingerprint density at radius 2 is 2.00 bits per heavy atom. The van der Waals surface area contributed by atoms with Crippen molar-refractivity contribution in [2.45, 2.75) is 12.8 Å². The number of carbonyl (C=O) groups excluding carboxylic acids is 1. The summed E-state index contributed by atoms with van der Waals surface area (Å²) in [5.41, 5.74) is 0.880. The molecule has 2 nitrogen and oxygen atoms in total. The Balaban J connectivity index is 1.97. The zero-order valence-corrected chi connectivity index (χ0v) is 8.74. The van der Waals surface area contributed by atoms with Crippen molar-refractivity contribution in [3.05, 3.63) is 30.1 Å². The van der Waals surface area contributed by atoms with E-state index in [4.69, 9.17) is 0 Å². The van der Waals surface area contributed by atoms with Crippen LogP contribution in [0.25, 0.3) is 0 Å². The molecule has 0 atom stereocenters. The van der Waals surface area contributed by atoms with Crippen LogP contribution < -0.4 is 4.90 Å². The van der Waals surface area contributed by atoms with Crippen LogP contribution in [0.4, 0.5) is 10.1 Å². The molecule has 0 radical (unpaired) electrons. The van der Waals surface area contributed by atoms with Crippen LogP contribution in [-0.4, -0.2) is 19.4 Å².